The van der Waals surface area contributed by atoms with Crippen molar-refractivity contribution in [1.29, 1.82) is 0 Å². The second-order valence-electron chi connectivity index (χ2n) is 8.70. The largest absolute Gasteiger partial charge is 0.355 e. The molecule has 178 valence electrons. The molecule has 0 radical (unpaired) electrons. The van der Waals surface area contributed by atoms with E-state index in [-0.39, 0.29) is 23.1 Å². The Balaban J connectivity index is 1.52. The van der Waals surface area contributed by atoms with Crippen molar-refractivity contribution in [2.45, 2.75) is 38.5 Å². The van der Waals surface area contributed by atoms with Gasteiger partial charge in [-0.05, 0) is 68.5 Å². The van der Waals surface area contributed by atoms with Crippen molar-refractivity contribution in [3.63, 3.8) is 0 Å². The minimum absolute atomic E-state index is 0.0508. The highest BCUT2D eigenvalue weighted by molar-refractivity contribution is 7.89. The molecule has 2 aromatic carbocycles. The van der Waals surface area contributed by atoms with E-state index in [2.05, 4.69) is 10.5 Å². The molecule has 1 unspecified atom stereocenters. The first kappa shape index (κ1) is 23.9. The van der Waals surface area contributed by atoms with E-state index in [0.29, 0.717) is 25.1 Å². The number of anilines is 1. The van der Waals surface area contributed by atoms with Crippen LogP contribution in [-0.2, 0) is 14.8 Å². The molecule has 7 nitrogen and oxygen atoms in total. The number of rotatable bonds is 6. The molecular weight excluding hydrogens is 450 g/mol. The fourth-order valence-electron chi connectivity index (χ4n) is 4.10. The Bertz CT molecular complexity index is 1310. The number of aryl methyl sites for hydroxylation is 3. The Morgan fingerprint density at radius 1 is 1.09 bits per heavy atom. The van der Waals surface area contributed by atoms with Crippen molar-refractivity contribution in [2.75, 3.05) is 18.4 Å². The number of nitrogens with zero attached hydrogens (tertiary/aromatic N) is 2. The summed E-state index contributed by atoms with van der Waals surface area (Å²) in [6, 6.07) is 15.3. The molecule has 1 aliphatic heterocycles. The first-order chi connectivity index (χ1) is 16.3. The summed E-state index contributed by atoms with van der Waals surface area (Å²) in [5.74, 6) is -0.425. The van der Waals surface area contributed by atoms with E-state index in [9.17, 15) is 13.2 Å². The van der Waals surface area contributed by atoms with E-state index in [0.717, 1.165) is 22.4 Å². The lowest BCUT2D eigenvalue weighted by atomic mass is 9.98. The molecule has 3 aromatic rings. The number of hydrogen-bond donors (Lipinski definition) is 1. The van der Waals surface area contributed by atoms with Crippen molar-refractivity contribution >= 4 is 33.8 Å². The summed E-state index contributed by atoms with van der Waals surface area (Å²) in [4.78, 5) is 13.0. The Hall–Kier alpha value is -3.23. The molecule has 8 heteroatoms. The van der Waals surface area contributed by atoms with Crippen LogP contribution in [0.1, 0.15) is 41.0 Å². The van der Waals surface area contributed by atoms with Gasteiger partial charge >= 0.3 is 0 Å². The number of carbonyl (C=O) groups is 1. The third-order valence-electron chi connectivity index (χ3n) is 6.19. The number of aromatic nitrogens is 1. The Morgan fingerprint density at radius 2 is 1.85 bits per heavy atom. The highest BCUT2D eigenvalue weighted by atomic mass is 32.2. The Kier molecular flexibility index (Phi) is 7.00. The smallest absolute Gasteiger partial charge is 0.248 e. The minimum atomic E-state index is -3.89. The Morgan fingerprint density at radius 3 is 2.59 bits per heavy atom. The van der Waals surface area contributed by atoms with Gasteiger partial charge in [-0.1, -0.05) is 47.6 Å². The average Bonchev–Trinajstić information content (AvgIpc) is 3.22. The third kappa shape index (κ3) is 5.13. The maximum atomic E-state index is 13.6. The van der Waals surface area contributed by atoms with E-state index in [4.69, 9.17) is 4.52 Å². The van der Waals surface area contributed by atoms with Gasteiger partial charge in [0.05, 0.1) is 5.92 Å². The first-order valence-electron chi connectivity index (χ1n) is 11.3. The quantitative estimate of drug-likeness (QED) is 0.548. The molecule has 2 heterocycles. The van der Waals surface area contributed by atoms with E-state index < -0.39 is 15.9 Å². The molecule has 1 saturated heterocycles. The van der Waals surface area contributed by atoms with Gasteiger partial charge in [-0.15, -0.1) is 0 Å². The van der Waals surface area contributed by atoms with Gasteiger partial charge in [0.2, 0.25) is 15.9 Å². The van der Waals surface area contributed by atoms with Crippen molar-refractivity contribution in [3.8, 4) is 0 Å². The summed E-state index contributed by atoms with van der Waals surface area (Å²) in [6.07, 6.45) is 4.64. The molecule has 0 spiro atoms. The van der Waals surface area contributed by atoms with Gasteiger partial charge in [-0.2, -0.15) is 4.31 Å². The molecule has 1 aliphatic rings. The fraction of sp³-hybridized carbons (Fsp3) is 0.308. The highest BCUT2D eigenvalue weighted by Crippen LogP contribution is 2.30. The highest BCUT2D eigenvalue weighted by Gasteiger charge is 2.37. The lowest BCUT2D eigenvalue weighted by Crippen LogP contribution is -2.43. The maximum absolute atomic E-state index is 13.6. The van der Waals surface area contributed by atoms with Crippen molar-refractivity contribution in [2.24, 2.45) is 5.92 Å². The molecule has 1 fully saturated rings. The second kappa shape index (κ2) is 9.95. The van der Waals surface area contributed by atoms with E-state index in [1.54, 1.807) is 19.1 Å². The number of hydrogen-bond acceptors (Lipinski definition) is 5. The van der Waals surface area contributed by atoms with E-state index in [1.807, 2.05) is 62.4 Å². The van der Waals surface area contributed by atoms with Crippen LogP contribution in [0.5, 0.6) is 0 Å². The zero-order valence-electron chi connectivity index (χ0n) is 19.6. The topological polar surface area (TPSA) is 92.5 Å². The van der Waals surface area contributed by atoms with E-state index in [1.165, 1.54) is 4.31 Å². The number of piperidine rings is 1. The normalized spacial score (nSPS) is 17.2. The van der Waals surface area contributed by atoms with Crippen LogP contribution in [0.4, 0.5) is 5.69 Å². The monoisotopic (exact) mass is 479 g/mol. The van der Waals surface area contributed by atoms with Crippen LogP contribution in [0.25, 0.3) is 12.2 Å². The van der Waals surface area contributed by atoms with E-state index >= 15 is 0 Å². The predicted molar refractivity (Wildman–Crippen MR) is 133 cm³/mol. The summed E-state index contributed by atoms with van der Waals surface area (Å²) < 4.78 is 33.9. The van der Waals surface area contributed by atoms with Gasteiger partial charge in [0, 0.05) is 18.8 Å². The van der Waals surface area contributed by atoms with Crippen molar-refractivity contribution < 1.29 is 17.7 Å². The minimum Gasteiger partial charge on any atom is -0.355 e. The summed E-state index contributed by atoms with van der Waals surface area (Å²) in [5.41, 5.74) is 4.17. The molecule has 0 saturated carbocycles. The van der Waals surface area contributed by atoms with Gasteiger partial charge in [0.1, 0.15) is 5.69 Å². The lowest BCUT2D eigenvalue weighted by molar-refractivity contribution is -0.120. The third-order valence-corrected chi connectivity index (χ3v) is 8.21. The molecule has 1 amide bonds. The fourth-order valence-corrected chi connectivity index (χ4v) is 5.88. The Labute approximate surface area is 200 Å². The van der Waals surface area contributed by atoms with Crippen LogP contribution in [0.3, 0.4) is 0 Å². The van der Waals surface area contributed by atoms with Crippen LogP contribution >= 0.6 is 0 Å². The first-order valence-corrected chi connectivity index (χ1v) is 12.8. The zero-order chi connectivity index (χ0) is 24.3. The van der Waals surface area contributed by atoms with Gasteiger partial charge in [-0.3, -0.25) is 4.79 Å². The summed E-state index contributed by atoms with van der Waals surface area (Å²) >= 11 is 0. The van der Waals surface area contributed by atoms with Gasteiger partial charge < -0.3 is 9.84 Å². The SMILES string of the molecule is Cc1ccc(NC(=O)C2CCCN(S(=O)(=O)c3c(C)noc3/C=C/c3ccccc3)C2)cc1C. The summed E-state index contributed by atoms with van der Waals surface area (Å²) in [7, 11) is -3.89. The summed E-state index contributed by atoms with van der Waals surface area (Å²) in [6.45, 7) is 6.09. The number of amides is 1. The number of benzene rings is 2. The number of carbonyl (C=O) groups excluding carboxylic acids is 1. The molecule has 0 aliphatic carbocycles. The van der Waals surface area contributed by atoms with Crippen LogP contribution in [-0.4, -0.2) is 36.9 Å². The van der Waals surface area contributed by atoms with Crippen molar-refractivity contribution in [3.05, 3.63) is 76.7 Å². The zero-order valence-corrected chi connectivity index (χ0v) is 20.4. The van der Waals surface area contributed by atoms with Crippen LogP contribution in [0, 0.1) is 26.7 Å². The molecule has 4 rings (SSSR count). The van der Waals surface area contributed by atoms with Gasteiger partial charge in [0.25, 0.3) is 0 Å². The molecular formula is C26H29N3O4S. The van der Waals surface area contributed by atoms with Crippen molar-refractivity contribution in [1.82, 2.24) is 9.46 Å². The van der Waals surface area contributed by atoms with Crippen LogP contribution in [0.2, 0.25) is 0 Å². The molecule has 1 aromatic heterocycles. The molecule has 0 bridgehead atoms. The summed E-state index contributed by atoms with van der Waals surface area (Å²) in [5, 5.41) is 6.85. The predicted octanol–water partition coefficient (Wildman–Crippen LogP) is 4.81. The maximum Gasteiger partial charge on any atom is 0.248 e. The number of nitrogens with one attached hydrogen (secondary N) is 1. The van der Waals surface area contributed by atoms with Crippen LogP contribution in [0.15, 0.2) is 57.9 Å². The van der Waals surface area contributed by atoms with Gasteiger partial charge in [-0.25, -0.2) is 8.42 Å². The molecule has 1 N–H and O–H groups in total. The standard InChI is InChI=1S/C26H29N3O4S/c1-18-11-13-23(16-19(18)2)27-26(30)22-10-7-15-29(17-22)34(31,32)25-20(3)28-33-24(25)14-12-21-8-5-4-6-9-21/h4-6,8-9,11-14,16,22H,7,10,15,17H2,1-3H3,(H,27,30)/b14-12+. The van der Waals surface area contributed by atoms with Crippen LogP contribution < -0.4 is 5.32 Å². The molecule has 1 atom stereocenters. The van der Waals surface area contributed by atoms with Gasteiger partial charge in [0.15, 0.2) is 10.7 Å². The average molecular weight is 480 g/mol. The second-order valence-corrected chi connectivity index (χ2v) is 10.6. The lowest BCUT2D eigenvalue weighted by Gasteiger charge is -2.31. The number of sulfonamides is 1. The molecule has 34 heavy (non-hydrogen) atoms.